The van der Waals surface area contributed by atoms with Crippen LogP contribution in [0.25, 0.3) is 0 Å². The van der Waals surface area contributed by atoms with Gasteiger partial charge in [-0.1, -0.05) is 0 Å². The highest BCUT2D eigenvalue weighted by Crippen LogP contribution is 2.21. The Morgan fingerprint density at radius 2 is 2.50 bits per heavy atom. The monoisotopic (exact) mass is 223 g/mol. The molecule has 1 saturated heterocycles. The zero-order valence-electron chi connectivity index (χ0n) is 9.01. The van der Waals surface area contributed by atoms with E-state index >= 15 is 0 Å². The van der Waals surface area contributed by atoms with Gasteiger partial charge in [-0.25, -0.2) is 0 Å². The lowest BCUT2D eigenvalue weighted by atomic mass is 10.1. The van der Waals surface area contributed by atoms with Gasteiger partial charge in [-0.15, -0.1) is 0 Å². The average Bonchev–Trinajstić information content (AvgIpc) is 2.89. The van der Waals surface area contributed by atoms with Crippen molar-refractivity contribution in [2.24, 2.45) is 5.92 Å². The number of rotatable bonds is 3. The van der Waals surface area contributed by atoms with Crippen LogP contribution in [0.1, 0.15) is 12.2 Å². The first kappa shape index (κ1) is 10.7. The molecule has 1 fully saturated rings. The first-order valence-electron chi connectivity index (χ1n) is 5.08. The number of likely N-dealkylation sites (tertiary alicyclic amines) is 1. The fourth-order valence-electron chi connectivity index (χ4n) is 1.84. The van der Waals surface area contributed by atoms with Crippen LogP contribution < -0.4 is 0 Å². The van der Waals surface area contributed by atoms with E-state index in [9.17, 15) is 9.59 Å². The maximum absolute atomic E-state index is 11.6. The zero-order chi connectivity index (χ0) is 11.5. The van der Waals surface area contributed by atoms with E-state index in [1.54, 1.807) is 23.3 Å². The van der Waals surface area contributed by atoms with Gasteiger partial charge in [-0.2, -0.15) is 0 Å². The summed E-state index contributed by atoms with van der Waals surface area (Å²) in [5.74, 6) is 0.0217. The van der Waals surface area contributed by atoms with E-state index in [1.165, 1.54) is 7.11 Å². The van der Waals surface area contributed by atoms with Crippen molar-refractivity contribution in [2.75, 3.05) is 13.7 Å². The maximum Gasteiger partial charge on any atom is 0.310 e. The van der Waals surface area contributed by atoms with E-state index in [-0.39, 0.29) is 24.2 Å². The fraction of sp³-hybridized carbons (Fsp3) is 0.455. The summed E-state index contributed by atoms with van der Waals surface area (Å²) in [5, 5.41) is 0. The maximum atomic E-state index is 11.6. The number of furan rings is 1. The second kappa shape index (κ2) is 4.38. The standard InChI is InChI=1S/C11H13NO4/c1-15-11(14)8-5-10(13)12(6-8)7-9-3-2-4-16-9/h2-4,8H,5-7H2,1H3/t8-/m1/s1. The van der Waals surface area contributed by atoms with Crippen molar-refractivity contribution in [3.05, 3.63) is 24.2 Å². The molecule has 0 spiro atoms. The second-order valence-corrected chi connectivity index (χ2v) is 3.78. The molecule has 0 saturated carbocycles. The number of ether oxygens (including phenoxy) is 1. The molecular weight excluding hydrogens is 210 g/mol. The van der Waals surface area contributed by atoms with Gasteiger partial charge in [0.1, 0.15) is 5.76 Å². The highest BCUT2D eigenvalue weighted by Gasteiger charge is 2.35. The SMILES string of the molecule is COC(=O)[C@@H]1CC(=O)N(Cc2ccco2)C1. The largest absolute Gasteiger partial charge is 0.469 e. The topological polar surface area (TPSA) is 59.8 Å². The summed E-state index contributed by atoms with van der Waals surface area (Å²) in [5.41, 5.74) is 0. The van der Waals surface area contributed by atoms with Crippen molar-refractivity contribution >= 4 is 11.9 Å². The molecule has 2 rings (SSSR count). The second-order valence-electron chi connectivity index (χ2n) is 3.78. The van der Waals surface area contributed by atoms with Gasteiger partial charge in [0.25, 0.3) is 0 Å². The highest BCUT2D eigenvalue weighted by molar-refractivity contribution is 5.86. The molecule has 0 unspecified atom stereocenters. The number of hydrogen-bond donors (Lipinski definition) is 0. The van der Waals surface area contributed by atoms with Gasteiger partial charge in [0.2, 0.25) is 5.91 Å². The number of carbonyl (C=O) groups is 2. The molecule has 5 nitrogen and oxygen atoms in total. The molecule has 0 aromatic carbocycles. The number of nitrogens with zero attached hydrogens (tertiary/aromatic N) is 1. The van der Waals surface area contributed by atoms with E-state index in [0.29, 0.717) is 13.1 Å². The molecule has 2 heterocycles. The molecular formula is C11H13NO4. The van der Waals surface area contributed by atoms with E-state index in [2.05, 4.69) is 4.74 Å². The van der Waals surface area contributed by atoms with Gasteiger partial charge in [-0.3, -0.25) is 9.59 Å². The van der Waals surface area contributed by atoms with E-state index < -0.39 is 0 Å². The molecule has 0 aliphatic carbocycles. The van der Waals surface area contributed by atoms with Crippen molar-refractivity contribution in [3.63, 3.8) is 0 Å². The van der Waals surface area contributed by atoms with Crippen LogP contribution in [0.2, 0.25) is 0 Å². The predicted octanol–water partition coefficient (Wildman–Crippen LogP) is 0.801. The molecule has 16 heavy (non-hydrogen) atoms. The van der Waals surface area contributed by atoms with Gasteiger partial charge in [0.15, 0.2) is 0 Å². The van der Waals surface area contributed by atoms with Crippen LogP contribution in [0.5, 0.6) is 0 Å². The summed E-state index contributed by atoms with van der Waals surface area (Å²) >= 11 is 0. The van der Waals surface area contributed by atoms with Crippen molar-refractivity contribution < 1.29 is 18.7 Å². The van der Waals surface area contributed by atoms with Gasteiger partial charge in [0.05, 0.1) is 25.8 Å². The molecule has 1 aromatic heterocycles. The van der Waals surface area contributed by atoms with Crippen LogP contribution in [0.15, 0.2) is 22.8 Å². The van der Waals surface area contributed by atoms with Crippen LogP contribution in [-0.4, -0.2) is 30.4 Å². The molecule has 0 radical (unpaired) electrons. The van der Waals surface area contributed by atoms with Crippen molar-refractivity contribution in [3.8, 4) is 0 Å². The number of carbonyl (C=O) groups excluding carboxylic acids is 2. The number of methoxy groups -OCH3 is 1. The summed E-state index contributed by atoms with van der Waals surface area (Å²) in [6.45, 7) is 0.825. The number of esters is 1. The minimum absolute atomic E-state index is 0.0354. The van der Waals surface area contributed by atoms with Crippen molar-refractivity contribution in [1.29, 1.82) is 0 Å². The summed E-state index contributed by atoms with van der Waals surface area (Å²) in [6.07, 6.45) is 1.79. The van der Waals surface area contributed by atoms with Crippen molar-refractivity contribution in [1.82, 2.24) is 4.90 Å². The Morgan fingerprint density at radius 1 is 1.69 bits per heavy atom. The van der Waals surface area contributed by atoms with Gasteiger partial charge in [-0.05, 0) is 12.1 Å². The Bertz CT molecular complexity index is 385. The normalized spacial score (nSPS) is 20.2. The lowest BCUT2D eigenvalue weighted by molar-refractivity contribution is -0.145. The lowest BCUT2D eigenvalue weighted by Crippen LogP contribution is -2.25. The van der Waals surface area contributed by atoms with Crippen molar-refractivity contribution in [2.45, 2.75) is 13.0 Å². The third kappa shape index (κ3) is 2.08. The minimum atomic E-state index is -0.340. The predicted molar refractivity (Wildman–Crippen MR) is 54.2 cm³/mol. The van der Waals surface area contributed by atoms with Gasteiger partial charge >= 0.3 is 5.97 Å². The molecule has 1 atom stereocenters. The molecule has 1 aliphatic heterocycles. The Labute approximate surface area is 93.0 Å². The van der Waals surface area contributed by atoms with Crippen LogP contribution in [0, 0.1) is 5.92 Å². The minimum Gasteiger partial charge on any atom is -0.469 e. The molecule has 1 amide bonds. The first-order valence-corrected chi connectivity index (χ1v) is 5.08. The third-order valence-electron chi connectivity index (χ3n) is 2.68. The van der Waals surface area contributed by atoms with E-state index in [4.69, 9.17) is 4.42 Å². The Morgan fingerprint density at radius 3 is 3.12 bits per heavy atom. The first-order chi connectivity index (χ1) is 7.70. The molecule has 0 bridgehead atoms. The Hall–Kier alpha value is -1.78. The van der Waals surface area contributed by atoms with Crippen LogP contribution in [0.4, 0.5) is 0 Å². The molecule has 1 aromatic rings. The van der Waals surface area contributed by atoms with Crippen LogP contribution in [0.3, 0.4) is 0 Å². The molecule has 0 N–H and O–H groups in total. The Balaban J connectivity index is 1.97. The summed E-state index contributed by atoms with van der Waals surface area (Å²) in [6, 6.07) is 3.58. The number of amides is 1. The highest BCUT2D eigenvalue weighted by atomic mass is 16.5. The number of hydrogen-bond acceptors (Lipinski definition) is 4. The van der Waals surface area contributed by atoms with Crippen LogP contribution >= 0.6 is 0 Å². The van der Waals surface area contributed by atoms with E-state index in [0.717, 1.165) is 5.76 Å². The van der Waals surface area contributed by atoms with Gasteiger partial charge in [0, 0.05) is 13.0 Å². The van der Waals surface area contributed by atoms with Gasteiger partial charge < -0.3 is 14.1 Å². The van der Waals surface area contributed by atoms with E-state index in [1.807, 2.05) is 0 Å². The zero-order valence-corrected chi connectivity index (χ0v) is 9.01. The van der Waals surface area contributed by atoms with Crippen LogP contribution in [-0.2, 0) is 20.9 Å². The molecule has 1 aliphatic rings. The lowest BCUT2D eigenvalue weighted by Gasteiger charge is -2.14. The molecule has 86 valence electrons. The summed E-state index contributed by atoms with van der Waals surface area (Å²) in [7, 11) is 1.34. The average molecular weight is 223 g/mol. The molecule has 5 heteroatoms. The Kier molecular flexibility index (Phi) is 2.94. The fourth-order valence-corrected chi connectivity index (χ4v) is 1.84. The summed E-state index contributed by atoms with van der Waals surface area (Å²) in [4.78, 5) is 24.5. The third-order valence-corrected chi connectivity index (χ3v) is 2.68. The quantitative estimate of drug-likeness (QED) is 0.711. The summed E-state index contributed by atoms with van der Waals surface area (Å²) < 4.78 is 9.78. The smallest absolute Gasteiger partial charge is 0.310 e.